The molecule has 0 heterocycles. The van der Waals surface area contributed by atoms with Gasteiger partial charge in [-0.3, -0.25) is 4.79 Å². The van der Waals surface area contributed by atoms with Gasteiger partial charge in [-0.2, -0.15) is 0 Å². The zero-order chi connectivity index (χ0) is 17.1. The summed E-state index contributed by atoms with van der Waals surface area (Å²) in [6, 6.07) is 0. The van der Waals surface area contributed by atoms with Crippen LogP contribution in [0.15, 0.2) is 11.6 Å². The standard InChI is InChI=1S/C18H24O5/c1-10(5-9-15(20)21)4-6-13-17(22)16-12(7-8-14(16)19)11(2)18(13)23-3/h4,15,20-22H,5-9H2,1-3H3/b10-4+. The molecule has 3 N–H and O–H groups in total. The minimum atomic E-state index is -1.32. The zero-order valence-corrected chi connectivity index (χ0v) is 13.8. The van der Waals surface area contributed by atoms with E-state index in [1.165, 1.54) is 0 Å². The number of aliphatic hydroxyl groups is 2. The summed E-state index contributed by atoms with van der Waals surface area (Å²) in [7, 11) is 1.56. The van der Waals surface area contributed by atoms with Crippen LogP contribution in [0.3, 0.4) is 0 Å². The summed E-state index contributed by atoms with van der Waals surface area (Å²) in [5.41, 5.74) is 3.84. The number of rotatable bonds is 6. The van der Waals surface area contributed by atoms with Crippen LogP contribution in [0.2, 0.25) is 0 Å². The van der Waals surface area contributed by atoms with Crippen molar-refractivity contribution in [1.82, 2.24) is 0 Å². The van der Waals surface area contributed by atoms with Crippen LogP contribution in [0.4, 0.5) is 0 Å². The average Bonchev–Trinajstić information content (AvgIpc) is 2.89. The first-order valence-electron chi connectivity index (χ1n) is 7.83. The van der Waals surface area contributed by atoms with E-state index >= 15 is 0 Å². The number of Topliss-reactive ketones (excluding diaryl/α,β-unsaturated/α-hetero) is 1. The van der Waals surface area contributed by atoms with Crippen LogP contribution in [0.5, 0.6) is 11.5 Å². The molecule has 0 aliphatic heterocycles. The molecule has 0 spiro atoms. The van der Waals surface area contributed by atoms with Gasteiger partial charge in [0.1, 0.15) is 11.5 Å². The van der Waals surface area contributed by atoms with Gasteiger partial charge in [-0.1, -0.05) is 11.6 Å². The number of ketones is 1. The summed E-state index contributed by atoms with van der Waals surface area (Å²) in [5.74, 6) is 0.631. The zero-order valence-electron chi connectivity index (χ0n) is 13.8. The predicted molar refractivity (Wildman–Crippen MR) is 87.0 cm³/mol. The highest BCUT2D eigenvalue weighted by atomic mass is 16.5. The molecule has 0 fully saturated rings. The van der Waals surface area contributed by atoms with Gasteiger partial charge < -0.3 is 20.1 Å². The average molecular weight is 320 g/mol. The van der Waals surface area contributed by atoms with Gasteiger partial charge in [0.05, 0.1) is 12.7 Å². The lowest BCUT2D eigenvalue weighted by Gasteiger charge is -2.17. The minimum Gasteiger partial charge on any atom is -0.507 e. The molecule has 0 amide bonds. The molecule has 0 atom stereocenters. The molecule has 1 aromatic carbocycles. The molecule has 0 saturated heterocycles. The highest BCUT2D eigenvalue weighted by molar-refractivity contribution is 6.04. The Kier molecular flexibility index (Phi) is 5.44. The first-order valence-corrected chi connectivity index (χ1v) is 7.83. The Balaban J connectivity index is 2.35. The van der Waals surface area contributed by atoms with Crippen molar-refractivity contribution in [2.75, 3.05) is 7.11 Å². The van der Waals surface area contributed by atoms with Crippen molar-refractivity contribution in [3.63, 3.8) is 0 Å². The second kappa shape index (κ2) is 7.15. The smallest absolute Gasteiger partial charge is 0.167 e. The maximum absolute atomic E-state index is 12.0. The Bertz CT molecular complexity index is 644. The first kappa shape index (κ1) is 17.5. The monoisotopic (exact) mass is 320 g/mol. The maximum Gasteiger partial charge on any atom is 0.167 e. The molecule has 23 heavy (non-hydrogen) atoms. The Morgan fingerprint density at radius 1 is 1.35 bits per heavy atom. The van der Waals surface area contributed by atoms with Gasteiger partial charge in [-0.25, -0.2) is 0 Å². The Morgan fingerprint density at radius 2 is 2.04 bits per heavy atom. The van der Waals surface area contributed by atoms with Crippen LogP contribution >= 0.6 is 0 Å². The number of fused-ring (bicyclic) bond motifs is 1. The quantitative estimate of drug-likeness (QED) is 0.553. The van der Waals surface area contributed by atoms with Gasteiger partial charge in [0.2, 0.25) is 0 Å². The number of phenolic OH excluding ortho intramolecular Hbond substituents is 1. The van der Waals surface area contributed by atoms with Crippen molar-refractivity contribution in [2.45, 2.75) is 52.2 Å². The van der Waals surface area contributed by atoms with Crippen LogP contribution in [0.1, 0.15) is 53.2 Å². The number of aromatic hydroxyl groups is 1. The second-order valence-electron chi connectivity index (χ2n) is 6.04. The van der Waals surface area contributed by atoms with Crippen molar-refractivity contribution >= 4 is 5.78 Å². The molecule has 0 unspecified atom stereocenters. The number of phenols is 1. The molecule has 1 aliphatic rings. The molecule has 0 aromatic heterocycles. The fraction of sp³-hybridized carbons (Fsp3) is 0.500. The van der Waals surface area contributed by atoms with Gasteiger partial charge in [-0.15, -0.1) is 0 Å². The summed E-state index contributed by atoms with van der Waals surface area (Å²) < 4.78 is 5.47. The fourth-order valence-electron chi connectivity index (χ4n) is 3.13. The Labute approximate surface area is 136 Å². The topological polar surface area (TPSA) is 87.0 Å². The van der Waals surface area contributed by atoms with Crippen LogP contribution in [-0.2, 0) is 12.8 Å². The number of aliphatic hydroxyl groups excluding tert-OH is 1. The van der Waals surface area contributed by atoms with E-state index in [-0.39, 0.29) is 18.0 Å². The third-order valence-electron chi connectivity index (χ3n) is 4.43. The molecule has 0 radical (unpaired) electrons. The molecule has 126 valence electrons. The lowest BCUT2D eigenvalue weighted by molar-refractivity contribution is -0.0446. The van der Waals surface area contributed by atoms with Crippen molar-refractivity contribution < 1.29 is 24.9 Å². The van der Waals surface area contributed by atoms with Crippen molar-refractivity contribution in [2.24, 2.45) is 0 Å². The third-order valence-corrected chi connectivity index (χ3v) is 4.43. The first-order chi connectivity index (χ1) is 10.9. The number of hydrogen-bond acceptors (Lipinski definition) is 5. The van der Waals surface area contributed by atoms with Crippen LogP contribution in [0, 0.1) is 6.92 Å². The van der Waals surface area contributed by atoms with Crippen molar-refractivity contribution in [3.05, 3.63) is 33.9 Å². The van der Waals surface area contributed by atoms with E-state index in [1.807, 2.05) is 19.9 Å². The molecular weight excluding hydrogens is 296 g/mol. The molecule has 0 saturated carbocycles. The lowest BCUT2D eigenvalue weighted by Crippen LogP contribution is -2.04. The van der Waals surface area contributed by atoms with E-state index in [4.69, 9.17) is 14.9 Å². The number of methoxy groups -OCH3 is 1. The summed E-state index contributed by atoms with van der Waals surface area (Å²) in [5, 5.41) is 28.4. The molecular formula is C18H24O5. The molecule has 1 aromatic rings. The molecule has 5 heteroatoms. The van der Waals surface area contributed by atoms with E-state index in [0.29, 0.717) is 42.6 Å². The number of benzene rings is 1. The highest BCUT2D eigenvalue weighted by Crippen LogP contribution is 2.42. The molecule has 5 nitrogen and oxygen atoms in total. The van der Waals surface area contributed by atoms with Gasteiger partial charge in [0, 0.05) is 18.4 Å². The minimum absolute atomic E-state index is 0.0198. The number of hydrogen-bond donors (Lipinski definition) is 3. The summed E-state index contributed by atoms with van der Waals surface area (Å²) in [6.45, 7) is 3.81. The Morgan fingerprint density at radius 3 is 2.65 bits per heavy atom. The van der Waals surface area contributed by atoms with Crippen molar-refractivity contribution in [3.8, 4) is 11.5 Å². The van der Waals surface area contributed by atoms with Crippen LogP contribution in [0.25, 0.3) is 0 Å². The largest absolute Gasteiger partial charge is 0.507 e. The predicted octanol–water partition coefficient (Wildman–Crippen LogP) is 2.42. The summed E-state index contributed by atoms with van der Waals surface area (Å²) >= 11 is 0. The van der Waals surface area contributed by atoms with Gasteiger partial charge in [-0.05, 0) is 44.2 Å². The van der Waals surface area contributed by atoms with Crippen LogP contribution < -0.4 is 4.74 Å². The number of carbonyl (C=O) groups is 1. The van der Waals surface area contributed by atoms with E-state index < -0.39 is 6.29 Å². The van der Waals surface area contributed by atoms with Crippen LogP contribution in [-0.4, -0.2) is 34.5 Å². The molecule has 0 bridgehead atoms. The van der Waals surface area contributed by atoms with Gasteiger partial charge in [0.25, 0.3) is 0 Å². The molecule has 2 rings (SSSR count). The second-order valence-corrected chi connectivity index (χ2v) is 6.04. The van der Waals surface area contributed by atoms with Crippen molar-refractivity contribution in [1.29, 1.82) is 0 Å². The Hall–Kier alpha value is -1.85. The number of carbonyl (C=O) groups excluding carboxylic acids is 1. The third kappa shape index (κ3) is 3.57. The van der Waals surface area contributed by atoms with Gasteiger partial charge >= 0.3 is 0 Å². The lowest BCUT2D eigenvalue weighted by atomic mass is 9.94. The van der Waals surface area contributed by atoms with E-state index in [0.717, 1.165) is 16.7 Å². The van der Waals surface area contributed by atoms with Gasteiger partial charge in [0.15, 0.2) is 12.1 Å². The summed E-state index contributed by atoms with van der Waals surface area (Å²) in [6.07, 6.45) is 2.94. The van der Waals surface area contributed by atoms with E-state index in [9.17, 15) is 9.90 Å². The van der Waals surface area contributed by atoms with E-state index in [2.05, 4.69) is 0 Å². The van der Waals surface area contributed by atoms with E-state index in [1.54, 1.807) is 7.11 Å². The SMILES string of the molecule is COc1c(C)c2c(c(O)c1C/C=C(\C)CCC(O)O)C(=O)CC2. The summed E-state index contributed by atoms with van der Waals surface area (Å²) in [4.78, 5) is 12.0. The highest BCUT2D eigenvalue weighted by Gasteiger charge is 2.30. The normalized spacial score (nSPS) is 14.5. The fourth-order valence-corrected chi connectivity index (χ4v) is 3.13. The molecule has 1 aliphatic carbocycles. The number of allylic oxidation sites excluding steroid dienone is 2. The number of ether oxygens (including phenoxy) is 1. The maximum atomic E-state index is 12.0.